The molecule has 2 unspecified atom stereocenters. The number of unbranched alkanes of at least 4 members (excludes halogenated alkanes) is 2. The van der Waals surface area contributed by atoms with E-state index in [4.69, 9.17) is 11.2 Å². The molecule has 7 nitrogen and oxygen atoms in total. The van der Waals surface area contributed by atoms with Gasteiger partial charge in [0.05, 0.1) is 0 Å². The fraction of sp³-hybridized carbons (Fsp3) is 0.542. The Morgan fingerprint density at radius 1 is 1.19 bits per heavy atom. The lowest BCUT2D eigenvalue weighted by molar-refractivity contribution is -0.138. The first-order chi connectivity index (χ1) is 14.5. The summed E-state index contributed by atoms with van der Waals surface area (Å²) in [5, 5.41) is 5.37. The van der Waals surface area contributed by atoms with Crippen molar-refractivity contribution >= 4 is 17.9 Å². The number of amides is 3. The van der Waals surface area contributed by atoms with Crippen LogP contribution >= 0.6 is 0 Å². The second kappa shape index (κ2) is 12.0. The van der Waals surface area contributed by atoms with E-state index in [9.17, 15) is 14.4 Å². The van der Waals surface area contributed by atoms with E-state index in [2.05, 4.69) is 23.6 Å². The molecular weight excluding hydrogens is 394 g/mol. The molecule has 0 spiro atoms. The first kappa shape index (κ1) is 26.0. The maximum absolute atomic E-state index is 13.1. The van der Waals surface area contributed by atoms with Crippen molar-refractivity contribution in [1.82, 2.24) is 15.5 Å². The van der Waals surface area contributed by atoms with Crippen molar-refractivity contribution in [3.05, 3.63) is 35.4 Å². The lowest BCUT2D eigenvalue weighted by Gasteiger charge is -2.30. The molecule has 0 aliphatic rings. The summed E-state index contributed by atoms with van der Waals surface area (Å²) in [6, 6.07) is 7.62. The minimum atomic E-state index is -1.01. The van der Waals surface area contributed by atoms with E-state index >= 15 is 0 Å². The van der Waals surface area contributed by atoms with Crippen molar-refractivity contribution in [3.8, 4) is 12.5 Å². The second-order valence-electron chi connectivity index (χ2n) is 8.46. The minimum Gasteiger partial charge on any atom is -0.444 e. The van der Waals surface area contributed by atoms with E-state index in [0.29, 0.717) is 12.1 Å². The van der Waals surface area contributed by atoms with Gasteiger partial charge in [0.25, 0.3) is 5.91 Å². The Bertz CT molecular complexity index is 808. The molecule has 1 rings (SSSR count). The van der Waals surface area contributed by atoms with E-state index in [-0.39, 0.29) is 5.91 Å². The molecule has 2 N–H and O–H groups in total. The van der Waals surface area contributed by atoms with Crippen LogP contribution in [0.3, 0.4) is 0 Å². The van der Waals surface area contributed by atoms with Crippen molar-refractivity contribution in [2.24, 2.45) is 0 Å². The Kier molecular flexibility index (Phi) is 10.1. The zero-order valence-corrected chi connectivity index (χ0v) is 19.5. The fourth-order valence-electron chi connectivity index (χ4n) is 2.99. The number of carbonyl (C=O) groups excluding carboxylic acids is 3. The van der Waals surface area contributed by atoms with Crippen LogP contribution in [0.4, 0.5) is 4.79 Å². The van der Waals surface area contributed by atoms with Crippen LogP contribution < -0.4 is 10.6 Å². The zero-order chi connectivity index (χ0) is 23.6. The van der Waals surface area contributed by atoms with Crippen LogP contribution in [0, 0.1) is 19.4 Å². The third kappa shape index (κ3) is 8.33. The van der Waals surface area contributed by atoms with Crippen LogP contribution in [0.25, 0.3) is 0 Å². The first-order valence-electron chi connectivity index (χ1n) is 10.6. The van der Waals surface area contributed by atoms with Crippen molar-refractivity contribution in [2.75, 3.05) is 6.54 Å². The average Bonchev–Trinajstić information content (AvgIpc) is 2.68. The van der Waals surface area contributed by atoms with E-state index in [1.165, 1.54) is 6.92 Å². The summed E-state index contributed by atoms with van der Waals surface area (Å²) in [4.78, 5) is 39.3. The monoisotopic (exact) mass is 429 g/mol. The maximum Gasteiger partial charge on any atom is 0.408 e. The number of nitrogens with zero attached hydrogens (tertiary/aromatic N) is 1. The van der Waals surface area contributed by atoms with Gasteiger partial charge in [0, 0.05) is 12.6 Å². The predicted octanol–water partition coefficient (Wildman–Crippen LogP) is 3.68. The van der Waals surface area contributed by atoms with Crippen molar-refractivity contribution < 1.29 is 19.1 Å². The Labute approximate surface area is 185 Å². The Hall–Kier alpha value is -3.01. The first-order valence-corrected chi connectivity index (χ1v) is 10.6. The number of rotatable bonds is 9. The van der Waals surface area contributed by atoms with Crippen LogP contribution in [-0.2, 0) is 14.3 Å². The SMILES string of the molecule is C#CN(C(=O)C(C)NC(=O)OC(C)(C)C)C(C(=O)NCCCCC)c1ccccc1C. The number of nitrogens with one attached hydrogen (secondary N) is 2. The molecule has 0 saturated heterocycles. The van der Waals surface area contributed by atoms with Crippen LogP contribution in [0.2, 0.25) is 0 Å². The minimum absolute atomic E-state index is 0.360. The molecular formula is C24H35N3O4. The molecule has 7 heteroatoms. The summed E-state index contributed by atoms with van der Waals surface area (Å²) < 4.78 is 5.21. The highest BCUT2D eigenvalue weighted by Gasteiger charge is 2.34. The number of carbonyl (C=O) groups is 3. The summed E-state index contributed by atoms with van der Waals surface area (Å²) in [7, 11) is 0. The quantitative estimate of drug-likeness (QED) is 0.356. The summed E-state index contributed by atoms with van der Waals surface area (Å²) in [5.74, 6) is -0.938. The molecule has 0 bridgehead atoms. The van der Waals surface area contributed by atoms with Gasteiger partial charge in [-0.05, 0) is 52.2 Å². The van der Waals surface area contributed by atoms with Crippen molar-refractivity contribution in [3.63, 3.8) is 0 Å². The summed E-state index contributed by atoms with van der Waals surface area (Å²) in [6.07, 6.45) is 7.80. The van der Waals surface area contributed by atoms with Gasteiger partial charge in [-0.25, -0.2) is 4.79 Å². The molecule has 0 radical (unpaired) electrons. The molecule has 170 valence electrons. The van der Waals surface area contributed by atoms with Gasteiger partial charge in [-0.2, -0.15) is 0 Å². The van der Waals surface area contributed by atoms with Crippen LogP contribution in [0.15, 0.2) is 24.3 Å². The van der Waals surface area contributed by atoms with Gasteiger partial charge in [-0.1, -0.05) is 50.5 Å². The van der Waals surface area contributed by atoms with E-state index in [1.54, 1.807) is 32.9 Å². The van der Waals surface area contributed by atoms with Crippen molar-refractivity contribution in [1.29, 1.82) is 0 Å². The van der Waals surface area contributed by atoms with Gasteiger partial charge in [0.2, 0.25) is 5.91 Å². The Morgan fingerprint density at radius 3 is 2.39 bits per heavy atom. The normalized spacial score (nSPS) is 12.8. The molecule has 1 aromatic carbocycles. The number of benzene rings is 1. The molecule has 3 amide bonds. The summed E-state index contributed by atoms with van der Waals surface area (Å²) in [5.41, 5.74) is 0.754. The average molecular weight is 430 g/mol. The highest BCUT2D eigenvalue weighted by Crippen LogP contribution is 2.25. The molecule has 0 heterocycles. The van der Waals surface area contributed by atoms with Crippen LogP contribution in [-0.4, -0.2) is 41.0 Å². The van der Waals surface area contributed by atoms with E-state index < -0.39 is 29.7 Å². The predicted molar refractivity (Wildman–Crippen MR) is 121 cm³/mol. The maximum atomic E-state index is 13.1. The topological polar surface area (TPSA) is 87.7 Å². The number of terminal acetylenes is 1. The highest BCUT2D eigenvalue weighted by atomic mass is 16.6. The van der Waals surface area contributed by atoms with Gasteiger partial charge >= 0.3 is 6.09 Å². The number of aryl methyl sites for hydroxylation is 1. The van der Waals surface area contributed by atoms with Gasteiger partial charge in [0.15, 0.2) is 0 Å². The largest absolute Gasteiger partial charge is 0.444 e. The second-order valence-corrected chi connectivity index (χ2v) is 8.46. The molecule has 1 aromatic rings. The third-order valence-electron chi connectivity index (χ3n) is 4.55. The summed E-state index contributed by atoms with van der Waals surface area (Å²) >= 11 is 0. The molecule has 0 saturated carbocycles. The van der Waals surface area contributed by atoms with Gasteiger partial charge < -0.3 is 15.4 Å². The van der Waals surface area contributed by atoms with Gasteiger partial charge in [-0.3, -0.25) is 14.5 Å². The van der Waals surface area contributed by atoms with Crippen LogP contribution in [0.5, 0.6) is 0 Å². The zero-order valence-electron chi connectivity index (χ0n) is 19.5. The molecule has 2 atom stereocenters. The van der Waals surface area contributed by atoms with Gasteiger partial charge in [-0.15, -0.1) is 0 Å². The third-order valence-corrected chi connectivity index (χ3v) is 4.55. The number of alkyl carbamates (subject to hydrolysis) is 1. The van der Waals surface area contributed by atoms with Crippen LogP contribution in [0.1, 0.15) is 71.0 Å². The lowest BCUT2D eigenvalue weighted by atomic mass is 9.98. The molecule has 0 aliphatic carbocycles. The fourth-order valence-corrected chi connectivity index (χ4v) is 2.99. The Morgan fingerprint density at radius 2 is 1.84 bits per heavy atom. The number of hydrogen-bond donors (Lipinski definition) is 2. The number of ether oxygens (including phenoxy) is 1. The Balaban J connectivity index is 3.12. The summed E-state index contributed by atoms with van der Waals surface area (Å²) in [6.45, 7) is 11.1. The highest BCUT2D eigenvalue weighted by molar-refractivity contribution is 5.93. The van der Waals surface area contributed by atoms with E-state index in [1.807, 2.05) is 19.1 Å². The smallest absolute Gasteiger partial charge is 0.408 e. The standard InChI is InChI=1S/C24H35N3O4/c1-8-10-13-16-25-21(28)20(19-15-12-11-14-17(19)3)27(9-2)22(29)18(4)26-23(30)31-24(5,6)7/h2,11-12,14-15,18,20H,8,10,13,16H2,1,3-7H3,(H,25,28)(H,26,30). The van der Waals surface area contributed by atoms with Gasteiger partial charge in [0.1, 0.15) is 17.7 Å². The van der Waals surface area contributed by atoms with Crippen molar-refractivity contribution in [2.45, 2.75) is 78.5 Å². The molecule has 0 aliphatic heterocycles. The lowest BCUT2D eigenvalue weighted by Crippen LogP contribution is -2.50. The molecule has 0 fully saturated rings. The number of hydrogen-bond acceptors (Lipinski definition) is 4. The van der Waals surface area contributed by atoms with E-state index in [0.717, 1.165) is 29.7 Å². The molecule has 0 aromatic heterocycles. The molecule has 31 heavy (non-hydrogen) atoms.